The predicted molar refractivity (Wildman–Crippen MR) is 88.3 cm³/mol. The monoisotopic (exact) mass is 311 g/mol. The van der Waals surface area contributed by atoms with E-state index in [1.165, 1.54) is 18.4 Å². The van der Waals surface area contributed by atoms with Crippen molar-refractivity contribution in [3.05, 3.63) is 65.2 Å². The molecule has 0 aliphatic heterocycles. The summed E-state index contributed by atoms with van der Waals surface area (Å²) in [6.07, 6.45) is 2.59. The van der Waals surface area contributed by atoms with Gasteiger partial charge in [-0.2, -0.15) is 0 Å². The Morgan fingerprint density at radius 1 is 0.957 bits per heavy atom. The highest BCUT2D eigenvalue weighted by Crippen LogP contribution is 2.30. The number of carbonyl (C=O) groups is 1. The van der Waals surface area contributed by atoms with Crippen LogP contribution in [-0.2, 0) is 13.1 Å². The van der Waals surface area contributed by atoms with Crippen LogP contribution >= 0.6 is 0 Å². The number of carboxylic acid groups (broad SMARTS) is 1. The molecule has 1 saturated carbocycles. The Balaban J connectivity index is 1.68. The third-order valence-corrected chi connectivity index (χ3v) is 4.16. The zero-order chi connectivity index (χ0) is 16.2. The first kappa shape index (κ1) is 15.6. The number of rotatable bonds is 7. The Hall–Kier alpha value is -2.33. The number of aromatic hydroxyl groups is 1. The number of carboxylic acids is 1. The van der Waals surface area contributed by atoms with E-state index in [-0.39, 0.29) is 5.75 Å². The van der Waals surface area contributed by atoms with Gasteiger partial charge in [0.05, 0.1) is 5.56 Å². The van der Waals surface area contributed by atoms with E-state index in [1.54, 1.807) is 24.3 Å². The molecule has 1 aliphatic carbocycles. The van der Waals surface area contributed by atoms with E-state index in [9.17, 15) is 9.90 Å². The standard InChI is InChI=1S/C19H21NO3/c21-18-9-5-16(6-10-18)13-20(11-14-1-2-14)12-15-3-7-17(8-4-15)19(22)23/h3-10,14,21H,1-2,11-13H2,(H,22,23). The molecule has 4 nitrogen and oxygen atoms in total. The van der Waals surface area contributed by atoms with E-state index in [0.29, 0.717) is 5.56 Å². The summed E-state index contributed by atoms with van der Waals surface area (Å²) in [4.78, 5) is 13.3. The molecule has 0 heterocycles. The number of nitrogens with zero attached hydrogens (tertiary/aromatic N) is 1. The first-order valence-corrected chi connectivity index (χ1v) is 7.92. The molecule has 4 heteroatoms. The van der Waals surface area contributed by atoms with Crippen molar-refractivity contribution in [2.24, 2.45) is 5.92 Å². The normalized spacial score (nSPS) is 14.1. The smallest absolute Gasteiger partial charge is 0.335 e. The predicted octanol–water partition coefficient (Wildman–Crippen LogP) is 3.50. The van der Waals surface area contributed by atoms with Crippen molar-refractivity contribution < 1.29 is 15.0 Å². The van der Waals surface area contributed by atoms with Gasteiger partial charge >= 0.3 is 5.97 Å². The van der Waals surface area contributed by atoms with Crippen molar-refractivity contribution in [2.75, 3.05) is 6.54 Å². The molecule has 0 unspecified atom stereocenters. The number of phenolic OH excluding ortho intramolecular Hbond substituents is 1. The summed E-state index contributed by atoms with van der Waals surface area (Å²) in [6, 6.07) is 14.4. The average Bonchev–Trinajstić information content (AvgIpc) is 3.34. The van der Waals surface area contributed by atoms with Crippen molar-refractivity contribution in [1.82, 2.24) is 4.90 Å². The zero-order valence-electron chi connectivity index (χ0n) is 13.0. The Bertz CT molecular complexity index is 660. The number of hydrogen-bond acceptors (Lipinski definition) is 3. The van der Waals surface area contributed by atoms with Gasteiger partial charge in [0.15, 0.2) is 0 Å². The molecule has 120 valence electrons. The number of benzene rings is 2. The Morgan fingerprint density at radius 3 is 1.96 bits per heavy atom. The molecule has 0 atom stereocenters. The second-order valence-corrected chi connectivity index (χ2v) is 6.28. The quantitative estimate of drug-likeness (QED) is 0.821. The van der Waals surface area contributed by atoms with E-state index in [2.05, 4.69) is 4.90 Å². The van der Waals surface area contributed by atoms with Crippen LogP contribution in [0.5, 0.6) is 5.75 Å². The fourth-order valence-electron chi connectivity index (χ4n) is 2.72. The average molecular weight is 311 g/mol. The molecular formula is C19H21NO3. The van der Waals surface area contributed by atoms with Gasteiger partial charge in [-0.3, -0.25) is 4.90 Å². The molecule has 2 N–H and O–H groups in total. The van der Waals surface area contributed by atoms with Crippen LogP contribution in [0.3, 0.4) is 0 Å². The van der Waals surface area contributed by atoms with E-state index in [0.717, 1.165) is 31.1 Å². The topological polar surface area (TPSA) is 60.8 Å². The molecule has 0 amide bonds. The minimum atomic E-state index is -0.893. The highest BCUT2D eigenvalue weighted by atomic mass is 16.4. The maximum absolute atomic E-state index is 10.9. The van der Waals surface area contributed by atoms with Gasteiger partial charge < -0.3 is 10.2 Å². The highest BCUT2D eigenvalue weighted by Gasteiger charge is 2.24. The lowest BCUT2D eigenvalue weighted by molar-refractivity contribution is 0.0697. The summed E-state index contributed by atoms with van der Waals surface area (Å²) in [5.74, 6) is 0.174. The van der Waals surface area contributed by atoms with E-state index in [4.69, 9.17) is 5.11 Å². The van der Waals surface area contributed by atoms with E-state index < -0.39 is 5.97 Å². The molecule has 0 radical (unpaired) electrons. The summed E-state index contributed by atoms with van der Waals surface area (Å²) >= 11 is 0. The summed E-state index contributed by atoms with van der Waals surface area (Å²) in [5.41, 5.74) is 2.61. The summed E-state index contributed by atoms with van der Waals surface area (Å²) in [5, 5.41) is 18.4. The van der Waals surface area contributed by atoms with Crippen LogP contribution in [0.1, 0.15) is 34.3 Å². The van der Waals surface area contributed by atoms with Gasteiger partial charge in [0.2, 0.25) is 0 Å². The lowest BCUT2D eigenvalue weighted by Crippen LogP contribution is -2.25. The van der Waals surface area contributed by atoms with Crippen LogP contribution < -0.4 is 0 Å². The van der Waals surface area contributed by atoms with Gasteiger partial charge in [0.25, 0.3) is 0 Å². The number of phenols is 1. The first-order chi connectivity index (χ1) is 11.1. The number of aromatic carboxylic acids is 1. The third kappa shape index (κ3) is 4.57. The second-order valence-electron chi connectivity index (χ2n) is 6.28. The number of hydrogen-bond donors (Lipinski definition) is 2. The molecular weight excluding hydrogens is 290 g/mol. The van der Waals surface area contributed by atoms with Gasteiger partial charge in [-0.25, -0.2) is 4.79 Å². The van der Waals surface area contributed by atoms with E-state index in [1.807, 2.05) is 24.3 Å². The molecule has 0 aromatic heterocycles. The summed E-state index contributed by atoms with van der Waals surface area (Å²) in [6.45, 7) is 2.69. The SMILES string of the molecule is O=C(O)c1ccc(CN(Cc2ccc(O)cc2)CC2CC2)cc1. The fraction of sp³-hybridized carbons (Fsp3) is 0.316. The lowest BCUT2D eigenvalue weighted by atomic mass is 10.1. The van der Waals surface area contributed by atoms with Crippen LogP contribution in [-0.4, -0.2) is 27.6 Å². The molecule has 23 heavy (non-hydrogen) atoms. The molecule has 1 fully saturated rings. The minimum Gasteiger partial charge on any atom is -0.508 e. The van der Waals surface area contributed by atoms with E-state index >= 15 is 0 Å². The minimum absolute atomic E-state index is 0.284. The summed E-state index contributed by atoms with van der Waals surface area (Å²) in [7, 11) is 0. The van der Waals surface area contributed by atoms with Crippen molar-refractivity contribution in [2.45, 2.75) is 25.9 Å². The molecule has 1 aliphatic rings. The maximum atomic E-state index is 10.9. The Labute approximate surface area is 136 Å². The largest absolute Gasteiger partial charge is 0.508 e. The maximum Gasteiger partial charge on any atom is 0.335 e. The molecule has 0 bridgehead atoms. The zero-order valence-corrected chi connectivity index (χ0v) is 13.0. The van der Waals surface area contributed by atoms with Crippen LogP contribution in [0.2, 0.25) is 0 Å². The Kier molecular flexibility index (Phi) is 4.63. The Morgan fingerprint density at radius 2 is 1.48 bits per heavy atom. The van der Waals surface area contributed by atoms with Crippen LogP contribution in [0.15, 0.2) is 48.5 Å². The van der Waals surface area contributed by atoms with Gasteiger partial charge in [-0.15, -0.1) is 0 Å². The van der Waals surface area contributed by atoms with Crippen molar-refractivity contribution in [1.29, 1.82) is 0 Å². The fourth-order valence-corrected chi connectivity index (χ4v) is 2.72. The van der Waals surface area contributed by atoms with Crippen LogP contribution in [0, 0.1) is 5.92 Å². The lowest BCUT2D eigenvalue weighted by Gasteiger charge is -2.22. The molecule has 2 aromatic rings. The summed E-state index contributed by atoms with van der Waals surface area (Å²) < 4.78 is 0. The van der Waals surface area contributed by atoms with Crippen molar-refractivity contribution >= 4 is 5.97 Å². The molecule has 0 spiro atoms. The highest BCUT2D eigenvalue weighted by molar-refractivity contribution is 5.87. The van der Waals surface area contributed by atoms with Crippen LogP contribution in [0.4, 0.5) is 0 Å². The van der Waals surface area contributed by atoms with Crippen molar-refractivity contribution in [3.8, 4) is 5.75 Å². The molecule has 0 saturated heterocycles. The van der Waals surface area contributed by atoms with Gasteiger partial charge in [-0.05, 0) is 54.2 Å². The molecule has 2 aromatic carbocycles. The van der Waals surface area contributed by atoms with Crippen molar-refractivity contribution in [3.63, 3.8) is 0 Å². The molecule has 3 rings (SSSR count). The van der Waals surface area contributed by atoms with Gasteiger partial charge in [-0.1, -0.05) is 24.3 Å². The van der Waals surface area contributed by atoms with Gasteiger partial charge in [0.1, 0.15) is 5.75 Å². The third-order valence-electron chi connectivity index (χ3n) is 4.16. The van der Waals surface area contributed by atoms with Gasteiger partial charge in [0, 0.05) is 19.6 Å². The first-order valence-electron chi connectivity index (χ1n) is 7.92. The van der Waals surface area contributed by atoms with Crippen LogP contribution in [0.25, 0.3) is 0 Å². The second kappa shape index (κ2) is 6.84.